The van der Waals surface area contributed by atoms with Crippen LogP contribution in [0.5, 0.6) is 5.75 Å². The largest absolute Gasteiger partial charge is 0.496 e. The number of carbonyl (C=O) groups excluding carboxylic acids is 1. The molecular formula is C24H29N3O3. The molecule has 0 aliphatic heterocycles. The first-order valence-corrected chi connectivity index (χ1v) is 10.1. The molecule has 0 radical (unpaired) electrons. The van der Waals surface area contributed by atoms with Crippen LogP contribution in [-0.2, 0) is 23.2 Å². The molecular weight excluding hydrogens is 378 g/mol. The second-order valence-corrected chi connectivity index (χ2v) is 8.42. The summed E-state index contributed by atoms with van der Waals surface area (Å²) in [6.45, 7) is 8.73. The molecule has 6 heteroatoms. The quantitative estimate of drug-likeness (QED) is 0.619. The van der Waals surface area contributed by atoms with E-state index in [0.717, 1.165) is 22.4 Å². The lowest BCUT2D eigenvalue weighted by Crippen LogP contribution is -2.23. The van der Waals surface area contributed by atoms with Gasteiger partial charge < -0.3 is 14.6 Å². The van der Waals surface area contributed by atoms with Crippen LogP contribution in [0, 0.1) is 6.92 Å². The van der Waals surface area contributed by atoms with Crippen molar-refractivity contribution in [3.63, 3.8) is 0 Å². The van der Waals surface area contributed by atoms with Gasteiger partial charge in [-0.1, -0.05) is 62.3 Å². The Morgan fingerprint density at radius 3 is 2.50 bits per heavy atom. The molecule has 6 nitrogen and oxygen atoms in total. The van der Waals surface area contributed by atoms with Gasteiger partial charge in [0.25, 0.3) is 0 Å². The van der Waals surface area contributed by atoms with Crippen LogP contribution in [-0.4, -0.2) is 23.2 Å². The maximum Gasteiger partial charge on any atom is 0.246 e. The highest BCUT2D eigenvalue weighted by Crippen LogP contribution is 2.25. The summed E-state index contributed by atoms with van der Waals surface area (Å²) in [5.41, 5.74) is 4.38. The van der Waals surface area contributed by atoms with Crippen molar-refractivity contribution in [3.05, 3.63) is 65.0 Å². The molecule has 158 valence electrons. The van der Waals surface area contributed by atoms with E-state index in [1.165, 1.54) is 5.56 Å². The molecule has 1 amide bonds. The van der Waals surface area contributed by atoms with Crippen molar-refractivity contribution in [1.29, 1.82) is 0 Å². The van der Waals surface area contributed by atoms with E-state index in [1.54, 1.807) is 7.11 Å². The first kappa shape index (κ1) is 21.6. The number of aryl methyl sites for hydroxylation is 2. The maximum absolute atomic E-state index is 12.2. The van der Waals surface area contributed by atoms with Gasteiger partial charge in [-0.05, 0) is 41.5 Å². The molecule has 3 rings (SSSR count). The zero-order valence-electron chi connectivity index (χ0n) is 18.3. The summed E-state index contributed by atoms with van der Waals surface area (Å²) in [7, 11) is 1.65. The SMILES string of the molecule is COc1ccc(CCC(=O)NCc2nc(-c3ccc(C(C)(C)C)cc3)no2)cc1C. The molecule has 2 aromatic carbocycles. The average molecular weight is 408 g/mol. The number of hydrogen-bond donors (Lipinski definition) is 1. The van der Waals surface area contributed by atoms with E-state index < -0.39 is 0 Å². The molecule has 0 aliphatic rings. The summed E-state index contributed by atoms with van der Waals surface area (Å²) < 4.78 is 10.5. The third kappa shape index (κ3) is 5.47. The van der Waals surface area contributed by atoms with E-state index in [1.807, 2.05) is 37.3 Å². The van der Waals surface area contributed by atoms with Gasteiger partial charge in [-0.25, -0.2) is 0 Å². The van der Waals surface area contributed by atoms with Crippen LogP contribution in [0.25, 0.3) is 11.4 Å². The molecule has 0 unspecified atom stereocenters. The molecule has 1 N–H and O–H groups in total. The van der Waals surface area contributed by atoms with Gasteiger partial charge in [0.15, 0.2) is 0 Å². The zero-order valence-corrected chi connectivity index (χ0v) is 18.3. The van der Waals surface area contributed by atoms with E-state index in [9.17, 15) is 4.79 Å². The molecule has 1 aromatic heterocycles. The van der Waals surface area contributed by atoms with Gasteiger partial charge in [-0.2, -0.15) is 4.98 Å². The predicted molar refractivity (Wildman–Crippen MR) is 116 cm³/mol. The number of benzene rings is 2. The number of hydrogen-bond acceptors (Lipinski definition) is 5. The summed E-state index contributed by atoms with van der Waals surface area (Å²) >= 11 is 0. The van der Waals surface area contributed by atoms with Crippen LogP contribution in [0.15, 0.2) is 47.0 Å². The molecule has 1 heterocycles. The van der Waals surface area contributed by atoms with Crippen LogP contribution in [0.3, 0.4) is 0 Å². The third-order valence-electron chi connectivity index (χ3n) is 5.01. The minimum absolute atomic E-state index is 0.0576. The number of nitrogens with zero attached hydrogens (tertiary/aromatic N) is 2. The lowest BCUT2D eigenvalue weighted by Gasteiger charge is -2.18. The van der Waals surface area contributed by atoms with Crippen molar-refractivity contribution in [1.82, 2.24) is 15.5 Å². The Balaban J connectivity index is 1.51. The molecule has 0 saturated carbocycles. The first-order chi connectivity index (χ1) is 14.3. The Morgan fingerprint density at radius 1 is 1.13 bits per heavy atom. The number of rotatable bonds is 7. The van der Waals surface area contributed by atoms with Gasteiger partial charge in [0.1, 0.15) is 5.75 Å². The molecule has 30 heavy (non-hydrogen) atoms. The summed E-state index contributed by atoms with van der Waals surface area (Å²) in [4.78, 5) is 16.6. The van der Waals surface area contributed by atoms with Gasteiger partial charge in [-0.15, -0.1) is 0 Å². The van der Waals surface area contributed by atoms with Crippen molar-refractivity contribution in [3.8, 4) is 17.1 Å². The van der Waals surface area contributed by atoms with E-state index in [4.69, 9.17) is 9.26 Å². The molecule has 3 aromatic rings. The van der Waals surface area contributed by atoms with E-state index in [2.05, 4.69) is 48.4 Å². The van der Waals surface area contributed by atoms with Crippen LogP contribution in [0.1, 0.15) is 49.8 Å². The standard InChI is InChI=1S/C24H29N3O3/c1-16-14-17(6-12-20(16)29-5)7-13-21(28)25-15-22-26-23(27-30-22)18-8-10-19(11-9-18)24(2,3)4/h6,8-12,14H,7,13,15H2,1-5H3,(H,25,28). The fourth-order valence-corrected chi connectivity index (χ4v) is 3.18. The Hall–Kier alpha value is -3.15. The number of amides is 1. The van der Waals surface area contributed by atoms with E-state index in [-0.39, 0.29) is 17.9 Å². The normalized spacial score (nSPS) is 11.4. The van der Waals surface area contributed by atoms with E-state index in [0.29, 0.717) is 24.6 Å². The molecule has 0 fully saturated rings. The predicted octanol–water partition coefficient (Wildman–Crippen LogP) is 4.60. The van der Waals surface area contributed by atoms with Gasteiger partial charge in [-0.3, -0.25) is 4.79 Å². The fraction of sp³-hybridized carbons (Fsp3) is 0.375. The lowest BCUT2D eigenvalue weighted by atomic mass is 9.87. The average Bonchev–Trinajstić information content (AvgIpc) is 3.19. The fourth-order valence-electron chi connectivity index (χ4n) is 3.18. The smallest absolute Gasteiger partial charge is 0.246 e. The van der Waals surface area contributed by atoms with Crippen molar-refractivity contribution in [2.45, 2.75) is 52.5 Å². The first-order valence-electron chi connectivity index (χ1n) is 10.1. The highest BCUT2D eigenvalue weighted by molar-refractivity contribution is 5.76. The Labute approximate surface area is 177 Å². The highest BCUT2D eigenvalue weighted by Gasteiger charge is 2.15. The molecule has 0 spiro atoms. The summed E-state index contributed by atoms with van der Waals surface area (Å²) in [5.74, 6) is 1.70. The number of carbonyl (C=O) groups is 1. The maximum atomic E-state index is 12.2. The number of nitrogens with one attached hydrogen (secondary N) is 1. The second kappa shape index (κ2) is 9.11. The monoisotopic (exact) mass is 407 g/mol. The molecule has 0 bridgehead atoms. The van der Waals surface area contributed by atoms with Crippen molar-refractivity contribution in [2.75, 3.05) is 7.11 Å². The van der Waals surface area contributed by atoms with Crippen LogP contribution < -0.4 is 10.1 Å². The van der Waals surface area contributed by atoms with Crippen molar-refractivity contribution < 1.29 is 14.1 Å². The minimum atomic E-state index is -0.0576. The Morgan fingerprint density at radius 2 is 1.87 bits per heavy atom. The minimum Gasteiger partial charge on any atom is -0.496 e. The molecule has 0 atom stereocenters. The Kier molecular flexibility index (Phi) is 6.55. The van der Waals surface area contributed by atoms with Gasteiger partial charge in [0.2, 0.25) is 17.6 Å². The summed E-state index contributed by atoms with van der Waals surface area (Å²) in [5, 5.41) is 6.87. The van der Waals surface area contributed by atoms with E-state index >= 15 is 0 Å². The topological polar surface area (TPSA) is 77.2 Å². The summed E-state index contributed by atoms with van der Waals surface area (Å²) in [6, 6.07) is 14.1. The van der Waals surface area contributed by atoms with Gasteiger partial charge in [0.05, 0.1) is 13.7 Å². The third-order valence-corrected chi connectivity index (χ3v) is 5.01. The number of ether oxygens (including phenoxy) is 1. The van der Waals surface area contributed by atoms with Gasteiger partial charge >= 0.3 is 0 Å². The van der Waals surface area contributed by atoms with Crippen LogP contribution in [0.2, 0.25) is 0 Å². The van der Waals surface area contributed by atoms with Crippen LogP contribution in [0.4, 0.5) is 0 Å². The van der Waals surface area contributed by atoms with Crippen LogP contribution >= 0.6 is 0 Å². The summed E-state index contributed by atoms with van der Waals surface area (Å²) in [6.07, 6.45) is 1.05. The molecule has 0 saturated heterocycles. The van der Waals surface area contributed by atoms with Crippen molar-refractivity contribution >= 4 is 5.91 Å². The Bertz CT molecular complexity index is 1000. The number of methoxy groups -OCH3 is 1. The van der Waals surface area contributed by atoms with Crippen molar-refractivity contribution in [2.24, 2.45) is 0 Å². The highest BCUT2D eigenvalue weighted by atomic mass is 16.5. The molecule has 0 aliphatic carbocycles. The zero-order chi connectivity index (χ0) is 21.7. The number of aromatic nitrogens is 2. The lowest BCUT2D eigenvalue weighted by molar-refractivity contribution is -0.121. The second-order valence-electron chi connectivity index (χ2n) is 8.42. The van der Waals surface area contributed by atoms with Gasteiger partial charge in [0, 0.05) is 12.0 Å².